The van der Waals surface area contributed by atoms with Gasteiger partial charge in [0.15, 0.2) is 0 Å². The summed E-state index contributed by atoms with van der Waals surface area (Å²) in [7, 11) is 0. The summed E-state index contributed by atoms with van der Waals surface area (Å²) in [6.45, 7) is 0.800. The van der Waals surface area contributed by atoms with Crippen LogP contribution in [0.2, 0.25) is 0 Å². The Morgan fingerprint density at radius 3 is 2.79 bits per heavy atom. The second-order valence-electron chi connectivity index (χ2n) is 3.21. The van der Waals surface area contributed by atoms with Gasteiger partial charge < -0.3 is 9.73 Å². The van der Waals surface area contributed by atoms with Crippen LogP contribution in [0.5, 0.6) is 0 Å². The minimum atomic E-state index is -4.44. The highest BCUT2D eigenvalue weighted by atomic mass is 19.4. The Bertz CT molecular complexity index is 315. The second-order valence-corrected chi connectivity index (χ2v) is 3.21. The van der Waals surface area contributed by atoms with E-state index in [4.69, 9.17) is 0 Å². The molecule has 0 aliphatic carbocycles. The van der Waals surface area contributed by atoms with Crippen LogP contribution in [0.3, 0.4) is 0 Å². The molecule has 1 unspecified atom stereocenters. The molecule has 1 fully saturated rings. The fourth-order valence-corrected chi connectivity index (χ4v) is 1.48. The van der Waals surface area contributed by atoms with Crippen molar-refractivity contribution in [2.75, 3.05) is 6.54 Å². The molecule has 1 aromatic heterocycles. The number of aromatic nitrogens is 1. The lowest BCUT2D eigenvalue weighted by molar-refractivity contribution is -0.153. The summed E-state index contributed by atoms with van der Waals surface area (Å²) in [4.78, 5) is 3.62. The Labute approximate surface area is 78.3 Å². The van der Waals surface area contributed by atoms with E-state index in [1.54, 1.807) is 0 Å². The van der Waals surface area contributed by atoms with Gasteiger partial charge in [-0.15, -0.1) is 0 Å². The molecule has 78 valence electrons. The summed E-state index contributed by atoms with van der Waals surface area (Å²) >= 11 is 0. The molecule has 0 amide bonds. The van der Waals surface area contributed by atoms with Crippen molar-refractivity contribution in [3.8, 4) is 0 Å². The Balaban J connectivity index is 2.17. The van der Waals surface area contributed by atoms with Crippen molar-refractivity contribution in [2.24, 2.45) is 0 Å². The van der Waals surface area contributed by atoms with Gasteiger partial charge in [0.2, 0.25) is 11.7 Å². The normalized spacial score (nSPS) is 22.9. The first-order valence-corrected chi connectivity index (χ1v) is 4.33. The molecule has 0 saturated carbocycles. The van der Waals surface area contributed by atoms with Crippen molar-refractivity contribution < 1.29 is 17.6 Å². The third kappa shape index (κ3) is 1.75. The molecule has 0 radical (unpaired) electrons. The topological polar surface area (TPSA) is 38.1 Å². The Kier molecular flexibility index (Phi) is 2.22. The summed E-state index contributed by atoms with van der Waals surface area (Å²) in [5.41, 5.74) is 0. The zero-order valence-corrected chi connectivity index (χ0v) is 7.27. The average Bonchev–Trinajstić information content (AvgIpc) is 2.73. The number of nitrogens with zero attached hydrogens (tertiary/aromatic N) is 1. The molecular formula is C8H9F3N2O. The summed E-state index contributed by atoms with van der Waals surface area (Å²) in [6, 6.07) is -0.161. The highest BCUT2D eigenvalue weighted by Gasteiger charge is 2.36. The van der Waals surface area contributed by atoms with Crippen molar-refractivity contribution in [2.45, 2.75) is 25.1 Å². The van der Waals surface area contributed by atoms with Gasteiger partial charge in [0.05, 0.1) is 12.2 Å². The number of nitrogens with one attached hydrogen (secondary N) is 1. The molecule has 0 bridgehead atoms. The van der Waals surface area contributed by atoms with Crippen LogP contribution in [-0.4, -0.2) is 11.5 Å². The molecule has 1 saturated heterocycles. The Morgan fingerprint density at radius 2 is 2.29 bits per heavy atom. The van der Waals surface area contributed by atoms with Gasteiger partial charge in [-0.2, -0.15) is 13.2 Å². The molecule has 2 heterocycles. The molecule has 6 heteroatoms. The lowest BCUT2D eigenvalue weighted by atomic mass is 10.2. The van der Waals surface area contributed by atoms with Gasteiger partial charge in [-0.1, -0.05) is 0 Å². The number of oxazole rings is 1. The monoisotopic (exact) mass is 206 g/mol. The van der Waals surface area contributed by atoms with E-state index in [0.717, 1.165) is 25.6 Å². The van der Waals surface area contributed by atoms with Crippen LogP contribution in [0.25, 0.3) is 0 Å². The van der Waals surface area contributed by atoms with Crippen LogP contribution in [0.4, 0.5) is 13.2 Å². The standard InChI is InChI=1S/C8H9F3N2O/c9-8(10,11)6-4-13-7(14-6)5-2-1-3-12-5/h4-5,12H,1-3H2. The molecule has 1 aliphatic heterocycles. The van der Waals surface area contributed by atoms with Crippen LogP contribution in [0.15, 0.2) is 10.6 Å². The van der Waals surface area contributed by atoms with Gasteiger partial charge in [-0.05, 0) is 19.4 Å². The number of alkyl halides is 3. The maximum absolute atomic E-state index is 12.1. The lowest BCUT2D eigenvalue weighted by Gasteiger charge is -2.04. The minimum absolute atomic E-state index is 0.134. The van der Waals surface area contributed by atoms with E-state index >= 15 is 0 Å². The maximum Gasteiger partial charge on any atom is 0.451 e. The van der Waals surface area contributed by atoms with E-state index in [1.807, 2.05) is 0 Å². The van der Waals surface area contributed by atoms with Crippen molar-refractivity contribution in [1.82, 2.24) is 10.3 Å². The third-order valence-corrected chi connectivity index (χ3v) is 2.16. The first-order valence-electron chi connectivity index (χ1n) is 4.33. The van der Waals surface area contributed by atoms with E-state index in [-0.39, 0.29) is 11.9 Å². The average molecular weight is 206 g/mol. The summed E-state index contributed by atoms with van der Waals surface area (Å²) in [5, 5.41) is 3.01. The summed E-state index contributed by atoms with van der Waals surface area (Å²) < 4.78 is 41.0. The lowest BCUT2D eigenvalue weighted by Crippen LogP contribution is -2.13. The minimum Gasteiger partial charge on any atom is -0.434 e. The van der Waals surface area contributed by atoms with E-state index in [1.165, 1.54) is 0 Å². The zero-order valence-electron chi connectivity index (χ0n) is 7.27. The quantitative estimate of drug-likeness (QED) is 0.764. The zero-order chi connectivity index (χ0) is 10.2. The molecule has 1 aliphatic rings. The second kappa shape index (κ2) is 3.27. The maximum atomic E-state index is 12.1. The van der Waals surface area contributed by atoms with E-state index in [2.05, 4.69) is 14.7 Å². The van der Waals surface area contributed by atoms with Gasteiger partial charge in [-0.3, -0.25) is 0 Å². The fraction of sp³-hybridized carbons (Fsp3) is 0.625. The van der Waals surface area contributed by atoms with Gasteiger partial charge >= 0.3 is 6.18 Å². The van der Waals surface area contributed by atoms with Crippen LogP contribution in [-0.2, 0) is 6.18 Å². The van der Waals surface area contributed by atoms with E-state index in [9.17, 15) is 13.2 Å². The van der Waals surface area contributed by atoms with Gasteiger partial charge in [0.1, 0.15) is 0 Å². The van der Waals surface area contributed by atoms with Crippen molar-refractivity contribution in [3.05, 3.63) is 17.8 Å². The molecule has 1 N–H and O–H groups in total. The van der Waals surface area contributed by atoms with E-state index in [0.29, 0.717) is 0 Å². The highest BCUT2D eigenvalue weighted by molar-refractivity contribution is 5.02. The Hall–Kier alpha value is -1.04. The van der Waals surface area contributed by atoms with Crippen LogP contribution >= 0.6 is 0 Å². The van der Waals surface area contributed by atoms with Gasteiger partial charge in [0.25, 0.3) is 0 Å². The third-order valence-electron chi connectivity index (χ3n) is 2.16. The van der Waals surface area contributed by atoms with Crippen molar-refractivity contribution in [1.29, 1.82) is 0 Å². The molecule has 0 aromatic carbocycles. The largest absolute Gasteiger partial charge is 0.451 e. The molecule has 0 spiro atoms. The van der Waals surface area contributed by atoms with Gasteiger partial charge in [0, 0.05) is 0 Å². The van der Waals surface area contributed by atoms with Crippen LogP contribution in [0, 0.1) is 0 Å². The van der Waals surface area contributed by atoms with Crippen molar-refractivity contribution in [3.63, 3.8) is 0 Å². The van der Waals surface area contributed by atoms with E-state index < -0.39 is 11.9 Å². The first-order chi connectivity index (χ1) is 6.57. The number of halogens is 3. The Morgan fingerprint density at radius 1 is 1.50 bits per heavy atom. The summed E-state index contributed by atoms with van der Waals surface area (Å²) in [6.07, 6.45) is -1.99. The summed E-state index contributed by atoms with van der Waals surface area (Å²) in [5.74, 6) is -0.893. The first kappa shape index (κ1) is 9.51. The molecule has 2 rings (SSSR count). The van der Waals surface area contributed by atoms with Crippen LogP contribution < -0.4 is 5.32 Å². The SMILES string of the molecule is FC(F)(F)c1cnc(C2CCCN2)o1. The predicted molar refractivity (Wildman–Crippen MR) is 41.5 cm³/mol. The van der Waals surface area contributed by atoms with Crippen LogP contribution in [0.1, 0.15) is 30.5 Å². The fourth-order valence-electron chi connectivity index (χ4n) is 1.48. The number of rotatable bonds is 1. The smallest absolute Gasteiger partial charge is 0.434 e. The van der Waals surface area contributed by atoms with Crippen molar-refractivity contribution >= 4 is 0 Å². The highest BCUT2D eigenvalue weighted by Crippen LogP contribution is 2.32. The van der Waals surface area contributed by atoms with Gasteiger partial charge in [-0.25, -0.2) is 4.98 Å². The number of hydrogen-bond donors (Lipinski definition) is 1. The molecule has 1 atom stereocenters. The predicted octanol–water partition coefficient (Wildman–Crippen LogP) is 2.12. The number of hydrogen-bond acceptors (Lipinski definition) is 3. The molecule has 14 heavy (non-hydrogen) atoms. The molecular weight excluding hydrogens is 197 g/mol. The molecule has 1 aromatic rings. The molecule has 3 nitrogen and oxygen atoms in total.